The van der Waals surface area contributed by atoms with Gasteiger partial charge in [0.05, 0.1) is 11.4 Å². The molecule has 2 aliphatic carbocycles. The number of hydrogen-bond donors (Lipinski definition) is 2. The highest BCUT2D eigenvalue weighted by molar-refractivity contribution is 5.93. The van der Waals surface area contributed by atoms with Crippen molar-refractivity contribution in [3.63, 3.8) is 0 Å². The number of aryl methyl sites for hydroxylation is 1. The first-order chi connectivity index (χ1) is 12.1. The van der Waals surface area contributed by atoms with E-state index in [2.05, 4.69) is 15.6 Å². The molecule has 2 saturated carbocycles. The van der Waals surface area contributed by atoms with Crippen LogP contribution < -0.4 is 5.32 Å². The summed E-state index contributed by atoms with van der Waals surface area (Å²) in [5, 5.41) is 21.1. The third kappa shape index (κ3) is 2.74. The zero-order valence-corrected chi connectivity index (χ0v) is 14.6. The Morgan fingerprint density at radius 3 is 2.68 bits per heavy atom. The summed E-state index contributed by atoms with van der Waals surface area (Å²) in [5.41, 5.74) is 3.15. The third-order valence-electron chi connectivity index (χ3n) is 5.99. The van der Waals surface area contributed by atoms with Crippen molar-refractivity contribution >= 4 is 5.91 Å². The average molecular weight is 340 g/mol. The van der Waals surface area contributed by atoms with Crippen molar-refractivity contribution in [1.82, 2.24) is 20.3 Å². The fraction of sp³-hybridized carbons (Fsp3) is 0.526. The normalized spacial score (nSPS) is 27.6. The predicted octanol–water partition coefficient (Wildman–Crippen LogP) is 2.02. The Labute approximate surface area is 147 Å². The molecule has 2 bridgehead atoms. The Morgan fingerprint density at radius 2 is 1.96 bits per heavy atom. The SMILES string of the molecule is Cc1ccc(-n2nnc(C(=O)NC3C4CCC(C4)C3CO)c2C)cc1. The highest BCUT2D eigenvalue weighted by Crippen LogP contribution is 2.48. The van der Waals surface area contributed by atoms with Crippen LogP contribution in [0.5, 0.6) is 0 Å². The number of fused-ring (bicyclic) bond motifs is 2. The fourth-order valence-electron chi connectivity index (χ4n) is 4.59. The molecule has 2 aliphatic rings. The van der Waals surface area contributed by atoms with Crippen LogP contribution in [0.3, 0.4) is 0 Å². The van der Waals surface area contributed by atoms with Crippen molar-refractivity contribution in [3.8, 4) is 5.69 Å². The van der Waals surface area contributed by atoms with Gasteiger partial charge in [-0.05, 0) is 57.1 Å². The molecular formula is C19H24N4O2. The molecule has 2 fully saturated rings. The smallest absolute Gasteiger partial charge is 0.274 e. The maximum absolute atomic E-state index is 12.7. The van der Waals surface area contributed by atoms with E-state index in [1.54, 1.807) is 4.68 Å². The second-order valence-corrected chi connectivity index (χ2v) is 7.45. The molecule has 132 valence electrons. The molecule has 1 heterocycles. The summed E-state index contributed by atoms with van der Waals surface area (Å²) in [6, 6.07) is 8.02. The Bertz CT molecular complexity index is 783. The lowest BCUT2D eigenvalue weighted by Gasteiger charge is -2.30. The largest absolute Gasteiger partial charge is 0.396 e. The minimum atomic E-state index is -0.188. The van der Waals surface area contributed by atoms with E-state index < -0.39 is 0 Å². The summed E-state index contributed by atoms with van der Waals surface area (Å²) in [4.78, 5) is 12.7. The highest BCUT2D eigenvalue weighted by atomic mass is 16.3. The van der Waals surface area contributed by atoms with Gasteiger partial charge in [-0.1, -0.05) is 22.9 Å². The van der Waals surface area contributed by atoms with Gasteiger partial charge in [-0.15, -0.1) is 5.10 Å². The van der Waals surface area contributed by atoms with E-state index in [9.17, 15) is 9.90 Å². The van der Waals surface area contributed by atoms with Crippen molar-refractivity contribution < 1.29 is 9.90 Å². The first-order valence-electron chi connectivity index (χ1n) is 8.99. The number of nitrogens with one attached hydrogen (secondary N) is 1. The van der Waals surface area contributed by atoms with E-state index >= 15 is 0 Å². The van der Waals surface area contributed by atoms with Crippen LogP contribution >= 0.6 is 0 Å². The van der Waals surface area contributed by atoms with Crippen molar-refractivity contribution in [1.29, 1.82) is 0 Å². The average Bonchev–Trinajstić information content (AvgIpc) is 3.30. The summed E-state index contributed by atoms with van der Waals surface area (Å²) in [7, 11) is 0. The van der Waals surface area contributed by atoms with Crippen LogP contribution in [0.1, 0.15) is 41.0 Å². The Morgan fingerprint density at radius 1 is 1.24 bits per heavy atom. The van der Waals surface area contributed by atoms with Crippen molar-refractivity contribution in [2.24, 2.45) is 17.8 Å². The summed E-state index contributed by atoms with van der Waals surface area (Å²) in [5.74, 6) is 1.02. The van der Waals surface area contributed by atoms with E-state index in [1.165, 1.54) is 12.0 Å². The molecule has 25 heavy (non-hydrogen) atoms. The third-order valence-corrected chi connectivity index (χ3v) is 5.99. The lowest BCUT2D eigenvalue weighted by molar-refractivity contribution is 0.0856. The van der Waals surface area contributed by atoms with Gasteiger partial charge in [0.15, 0.2) is 5.69 Å². The van der Waals surface area contributed by atoms with E-state index in [-0.39, 0.29) is 24.5 Å². The second kappa shape index (κ2) is 6.26. The molecule has 1 aromatic heterocycles. The monoisotopic (exact) mass is 340 g/mol. The van der Waals surface area contributed by atoms with Crippen LogP contribution in [0.15, 0.2) is 24.3 Å². The summed E-state index contributed by atoms with van der Waals surface area (Å²) in [6.07, 6.45) is 3.43. The Kier molecular flexibility index (Phi) is 4.07. The summed E-state index contributed by atoms with van der Waals surface area (Å²) < 4.78 is 1.69. The van der Waals surface area contributed by atoms with Crippen LogP contribution in [0.2, 0.25) is 0 Å². The minimum absolute atomic E-state index is 0.0557. The van der Waals surface area contributed by atoms with Gasteiger partial charge in [-0.25, -0.2) is 4.68 Å². The van der Waals surface area contributed by atoms with Gasteiger partial charge in [0, 0.05) is 18.6 Å². The molecule has 0 radical (unpaired) electrons. The Balaban J connectivity index is 1.54. The molecule has 2 aromatic rings. The number of rotatable bonds is 4. The topological polar surface area (TPSA) is 80.0 Å². The molecule has 0 saturated heterocycles. The highest BCUT2D eigenvalue weighted by Gasteiger charge is 2.47. The van der Waals surface area contributed by atoms with Gasteiger partial charge >= 0.3 is 0 Å². The van der Waals surface area contributed by atoms with Gasteiger partial charge in [0.25, 0.3) is 5.91 Å². The van der Waals surface area contributed by atoms with E-state index in [1.807, 2.05) is 38.1 Å². The van der Waals surface area contributed by atoms with E-state index in [0.717, 1.165) is 24.2 Å². The minimum Gasteiger partial charge on any atom is -0.396 e. The molecule has 0 spiro atoms. The van der Waals surface area contributed by atoms with Crippen molar-refractivity contribution in [2.45, 2.75) is 39.2 Å². The lowest BCUT2D eigenvalue weighted by Crippen LogP contribution is -2.45. The maximum atomic E-state index is 12.7. The van der Waals surface area contributed by atoms with Gasteiger partial charge in [0.2, 0.25) is 0 Å². The van der Waals surface area contributed by atoms with Gasteiger partial charge in [-0.2, -0.15) is 0 Å². The van der Waals surface area contributed by atoms with E-state index in [4.69, 9.17) is 0 Å². The summed E-state index contributed by atoms with van der Waals surface area (Å²) in [6.45, 7) is 4.03. The molecular weight excluding hydrogens is 316 g/mol. The zero-order chi connectivity index (χ0) is 17.6. The molecule has 1 aromatic carbocycles. The number of benzene rings is 1. The predicted molar refractivity (Wildman–Crippen MR) is 93.5 cm³/mol. The molecule has 1 amide bonds. The van der Waals surface area contributed by atoms with Crippen LogP contribution in [-0.4, -0.2) is 38.7 Å². The van der Waals surface area contributed by atoms with Crippen molar-refractivity contribution in [2.75, 3.05) is 6.61 Å². The van der Waals surface area contributed by atoms with Crippen LogP contribution in [-0.2, 0) is 0 Å². The first-order valence-corrected chi connectivity index (χ1v) is 8.99. The number of hydrogen-bond acceptors (Lipinski definition) is 4. The van der Waals surface area contributed by atoms with Crippen LogP contribution in [0.4, 0.5) is 0 Å². The van der Waals surface area contributed by atoms with Crippen LogP contribution in [0.25, 0.3) is 5.69 Å². The molecule has 4 rings (SSSR count). The Hall–Kier alpha value is -2.21. The first kappa shape index (κ1) is 16.3. The molecule has 2 N–H and O–H groups in total. The standard InChI is InChI=1S/C19H24N4O2/c1-11-3-7-15(8-4-11)23-12(2)17(21-22-23)19(25)20-18-14-6-5-13(9-14)16(18)10-24/h3-4,7-8,13-14,16,18,24H,5-6,9-10H2,1-2H3,(H,20,25). The summed E-state index contributed by atoms with van der Waals surface area (Å²) >= 11 is 0. The molecule has 6 nitrogen and oxygen atoms in total. The number of amides is 1. The fourth-order valence-corrected chi connectivity index (χ4v) is 4.59. The maximum Gasteiger partial charge on any atom is 0.274 e. The zero-order valence-electron chi connectivity index (χ0n) is 14.6. The van der Waals surface area contributed by atoms with Crippen molar-refractivity contribution in [3.05, 3.63) is 41.2 Å². The number of nitrogens with zero attached hydrogens (tertiary/aromatic N) is 3. The number of carbonyl (C=O) groups is 1. The molecule has 6 heteroatoms. The number of aliphatic hydroxyl groups excluding tert-OH is 1. The van der Waals surface area contributed by atoms with Gasteiger partial charge < -0.3 is 10.4 Å². The quantitative estimate of drug-likeness (QED) is 0.892. The molecule has 4 unspecified atom stereocenters. The van der Waals surface area contributed by atoms with Gasteiger partial charge in [0.1, 0.15) is 0 Å². The molecule has 4 atom stereocenters. The number of carbonyl (C=O) groups excluding carboxylic acids is 1. The van der Waals surface area contributed by atoms with E-state index in [0.29, 0.717) is 17.5 Å². The lowest BCUT2D eigenvalue weighted by atomic mass is 9.85. The number of aromatic nitrogens is 3. The number of aliphatic hydroxyl groups is 1. The van der Waals surface area contributed by atoms with Crippen LogP contribution in [0, 0.1) is 31.6 Å². The van der Waals surface area contributed by atoms with Gasteiger partial charge in [-0.3, -0.25) is 4.79 Å². The second-order valence-electron chi connectivity index (χ2n) is 7.45. The molecule has 0 aliphatic heterocycles.